The Kier molecular flexibility index (Phi) is 3.09. The number of hydrogen-bond acceptors (Lipinski definition) is 3. The van der Waals surface area contributed by atoms with Crippen LogP contribution >= 0.6 is 0 Å². The minimum absolute atomic E-state index is 0.173. The monoisotopic (exact) mass is 274 g/mol. The summed E-state index contributed by atoms with van der Waals surface area (Å²) in [5, 5.41) is 20.1. The number of nitrogens with zero attached hydrogens (tertiary/aromatic N) is 2. The zero-order valence-corrected chi connectivity index (χ0v) is 10.9. The van der Waals surface area contributed by atoms with Gasteiger partial charge in [0.2, 0.25) is 0 Å². The third-order valence-corrected chi connectivity index (χ3v) is 3.28. The van der Waals surface area contributed by atoms with E-state index in [9.17, 15) is 10.1 Å². The fourth-order valence-corrected chi connectivity index (χ4v) is 2.27. The summed E-state index contributed by atoms with van der Waals surface area (Å²) in [6, 6.07) is 16.3. The molecule has 0 unspecified atom stereocenters. The maximum absolute atomic E-state index is 11.0. The number of carboxylic acid groups (broad SMARTS) is 1. The summed E-state index contributed by atoms with van der Waals surface area (Å²) >= 11 is 0. The highest BCUT2D eigenvalue weighted by molar-refractivity contribution is 5.93. The van der Waals surface area contributed by atoms with Gasteiger partial charge in [0, 0.05) is 11.8 Å². The van der Waals surface area contributed by atoms with Gasteiger partial charge in [0.1, 0.15) is 0 Å². The van der Waals surface area contributed by atoms with Crippen LogP contribution in [-0.2, 0) is 0 Å². The van der Waals surface area contributed by atoms with E-state index in [1.165, 1.54) is 18.3 Å². The van der Waals surface area contributed by atoms with Crippen LogP contribution in [0.15, 0.2) is 54.7 Å². The molecule has 0 aliphatic carbocycles. The first-order chi connectivity index (χ1) is 10.2. The number of aromatic carboxylic acids is 1. The molecule has 3 aromatic rings. The molecule has 1 heterocycles. The Morgan fingerprint density at radius 3 is 2.71 bits per heavy atom. The molecule has 0 fully saturated rings. The Labute approximate surface area is 120 Å². The Hall–Kier alpha value is -3.19. The molecular weight excluding hydrogens is 264 g/mol. The Morgan fingerprint density at radius 2 is 1.95 bits per heavy atom. The maximum Gasteiger partial charge on any atom is 0.335 e. The van der Waals surface area contributed by atoms with Gasteiger partial charge in [0.05, 0.1) is 22.9 Å². The van der Waals surface area contributed by atoms with Gasteiger partial charge in [0.15, 0.2) is 0 Å². The summed E-state index contributed by atoms with van der Waals surface area (Å²) < 4.78 is 0. The number of pyridine rings is 1. The highest BCUT2D eigenvalue weighted by Crippen LogP contribution is 2.26. The molecule has 4 heteroatoms. The van der Waals surface area contributed by atoms with Crippen molar-refractivity contribution in [2.75, 3.05) is 0 Å². The summed E-state index contributed by atoms with van der Waals surface area (Å²) in [5.74, 6) is -1.00. The van der Waals surface area contributed by atoms with E-state index in [0.717, 1.165) is 16.3 Å². The third-order valence-electron chi connectivity index (χ3n) is 3.28. The quantitative estimate of drug-likeness (QED) is 0.776. The lowest BCUT2D eigenvalue weighted by Gasteiger charge is -2.06. The van der Waals surface area contributed by atoms with E-state index >= 15 is 0 Å². The average molecular weight is 274 g/mol. The molecule has 0 spiro atoms. The van der Waals surface area contributed by atoms with Gasteiger partial charge in [-0.2, -0.15) is 5.26 Å². The number of carboxylic acids is 1. The lowest BCUT2D eigenvalue weighted by atomic mass is 9.99. The molecule has 0 aliphatic rings. The van der Waals surface area contributed by atoms with Gasteiger partial charge in [-0.3, -0.25) is 4.98 Å². The van der Waals surface area contributed by atoms with Crippen molar-refractivity contribution in [3.8, 4) is 17.3 Å². The summed E-state index contributed by atoms with van der Waals surface area (Å²) in [4.78, 5) is 15.2. The van der Waals surface area contributed by atoms with E-state index < -0.39 is 5.97 Å². The number of hydrogen-bond donors (Lipinski definition) is 1. The molecule has 0 amide bonds. The van der Waals surface area contributed by atoms with Crippen molar-refractivity contribution in [2.45, 2.75) is 0 Å². The molecule has 3 rings (SSSR count). The number of rotatable bonds is 2. The number of fused-ring (bicyclic) bond motifs is 1. The minimum Gasteiger partial charge on any atom is -0.478 e. The van der Waals surface area contributed by atoms with Gasteiger partial charge in [-0.25, -0.2) is 4.79 Å². The van der Waals surface area contributed by atoms with Gasteiger partial charge in [0.25, 0.3) is 0 Å². The first-order valence-electron chi connectivity index (χ1n) is 6.31. The Morgan fingerprint density at radius 1 is 1.14 bits per heavy atom. The minimum atomic E-state index is -1.00. The standard InChI is InChI=1S/C17H10N2O2/c18-10-14-8-13(7-11-3-1-2-4-15(11)14)16-9-12(17(20)21)5-6-19-16/h1-9H,(H,20,21). The Balaban J connectivity index is 2.24. The summed E-state index contributed by atoms with van der Waals surface area (Å²) in [5.41, 5.74) is 1.99. The molecule has 2 aromatic carbocycles. The zero-order valence-electron chi connectivity index (χ0n) is 10.9. The van der Waals surface area contributed by atoms with Crippen LogP contribution in [-0.4, -0.2) is 16.1 Å². The zero-order chi connectivity index (χ0) is 14.8. The van der Waals surface area contributed by atoms with Crippen LogP contribution in [0.25, 0.3) is 22.0 Å². The molecule has 100 valence electrons. The van der Waals surface area contributed by atoms with Crippen LogP contribution in [0.4, 0.5) is 0 Å². The molecule has 0 saturated heterocycles. The summed E-state index contributed by atoms with van der Waals surface area (Å²) in [6.45, 7) is 0. The molecule has 0 radical (unpaired) electrons. The van der Waals surface area contributed by atoms with E-state index in [4.69, 9.17) is 5.11 Å². The molecule has 0 bridgehead atoms. The summed E-state index contributed by atoms with van der Waals surface area (Å²) in [7, 11) is 0. The largest absolute Gasteiger partial charge is 0.478 e. The first-order valence-corrected chi connectivity index (χ1v) is 6.31. The lowest BCUT2D eigenvalue weighted by molar-refractivity contribution is 0.0697. The highest BCUT2D eigenvalue weighted by Gasteiger charge is 2.09. The predicted molar refractivity (Wildman–Crippen MR) is 78.9 cm³/mol. The average Bonchev–Trinajstić information content (AvgIpc) is 2.53. The van der Waals surface area contributed by atoms with E-state index in [2.05, 4.69) is 11.1 Å². The third kappa shape index (κ3) is 2.33. The second-order valence-corrected chi connectivity index (χ2v) is 4.59. The fraction of sp³-hybridized carbons (Fsp3) is 0. The summed E-state index contributed by atoms with van der Waals surface area (Å²) in [6.07, 6.45) is 1.46. The van der Waals surface area contributed by atoms with Gasteiger partial charge in [-0.1, -0.05) is 24.3 Å². The number of benzene rings is 2. The van der Waals surface area contributed by atoms with E-state index in [-0.39, 0.29) is 5.56 Å². The number of aromatic nitrogens is 1. The van der Waals surface area contributed by atoms with Crippen LogP contribution in [0.3, 0.4) is 0 Å². The number of nitriles is 1. The molecule has 1 N–H and O–H groups in total. The number of carbonyl (C=O) groups is 1. The fourth-order valence-electron chi connectivity index (χ4n) is 2.27. The second kappa shape index (κ2) is 5.06. The maximum atomic E-state index is 11.0. The van der Waals surface area contributed by atoms with Crippen molar-refractivity contribution < 1.29 is 9.90 Å². The van der Waals surface area contributed by atoms with Crippen LogP contribution in [0.2, 0.25) is 0 Å². The van der Waals surface area contributed by atoms with Crippen molar-refractivity contribution in [1.82, 2.24) is 4.98 Å². The topological polar surface area (TPSA) is 74.0 Å². The SMILES string of the molecule is N#Cc1cc(-c2cc(C(=O)O)ccn2)cc2ccccc12. The van der Waals surface area contributed by atoms with Gasteiger partial charge in [-0.15, -0.1) is 0 Å². The first kappa shape index (κ1) is 12.8. The van der Waals surface area contributed by atoms with Crippen molar-refractivity contribution in [2.24, 2.45) is 0 Å². The van der Waals surface area contributed by atoms with Gasteiger partial charge < -0.3 is 5.11 Å². The Bertz CT molecular complexity index is 895. The van der Waals surface area contributed by atoms with Crippen molar-refractivity contribution in [3.63, 3.8) is 0 Å². The molecule has 0 aliphatic heterocycles. The van der Waals surface area contributed by atoms with Crippen LogP contribution < -0.4 is 0 Å². The van der Waals surface area contributed by atoms with Gasteiger partial charge >= 0.3 is 5.97 Å². The smallest absolute Gasteiger partial charge is 0.335 e. The predicted octanol–water partition coefficient (Wildman–Crippen LogP) is 3.47. The molecule has 0 saturated carbocycles. The second-order valence-electron chi connectivity index (χ2n) is 4.59. The van der Waals surface area contributed by atoms with Crippen LogP contribution in [0, 0.1) is 11.3 Å². The van der Waals surface area contributed by atoms with E-state index in [1.54, 1.807) is 6.07 Å². The van der Waals surface area contributed by atoms with Crippen molar-refractivity contribution in [1.29, 1.82) is 5.26 Å². The molecule has 0 atom stereocenters. The van der Waals surface area contributed by atoms with E-state index in [1.807, 2.05) is 30.3 Å². The van der Waals surface area contributed by atoms with Crippen LogP contribution in [0.5, 0.6) is 0 Å². The van der Waals surface area contributed by atoms with Crippen molar-refractivity contribution >= 4 is 16.7 Å². The molecule has 4 nitrogen and oxygen atoms in total. The highest BCUT2D eigenvalue weighted by atomic mass is 16.4. The van der Waals surface area contributed by atoms with Crippen molar-refractivity contribution in [3.05, 3.63) is 65.9 Å². The molecular formula is C17H10N2O2. The van der Waals surface area contributed by atoms with Gasteiger partial charge in [-0.05, 0) is 35.0 Å². The normalized spacial score (nSPS) is 10.2. The molecule has 1 aromatic heterocycles. The lowest BCUT2D eigenvalue weighted by Crippen LogP contribution is -1.97. The van der Waals surface area contributed by atoms with E-state index in [0.29, 0.717) is 11.3 Å². The van der Waals surface area contributed by atoms with Crippen LogP contribution in [0.1, 0.15) is 15.9 Å². The molecule has 21 heavy (non-hydrogen) atoms.